The Hall–Kier alpha value is -1.07. The topological polar surface area (TPSA) is 65.0 Å². The van der Waals surface area contributed by atoms with Crippen LogP contribution in [-0.2, 0) is 19.0 Å². The standard InChI is InChI=1S/C23H38O5/c1-4-5-10-23(2,3)11-9-18(28-21-8-6-7-12-26-21)22-16(15-24)13-19-17(22)14-20(25)27-19/h9,16-17,19,21-22,24H,4-8,10-15H2,1-3H3/t16-,17-,19+,21?,22-/m0/s1. The average Bonchev–Trinajstić information content (AvgIpc) is 3.20. The highest BCUT2D eigenvalue weighted by molar-refractivity contribution is 5.72. The fourth-order valence-corrected chi connectivity index (χ4v) is 4.99. The first-order chi connectivity index (χ1) is 13.4. The highest BCUT2D eigenvalue weighted by Crippen LogP contribution is 2.49. The van der Waals surface area contributed by atoms with Crippen LogP contribution in [0, 0.1) is 23.2 Å². The lowest BCUT2D eigenvalue weighted by Gasteiger charge is -2.31. The van der Waals surface area contributed by atoms with Gasteiger partial charge in [-0.3, -0.25) is 4.79 Å². The van der Waals surface area contributed by atoms with Crippen molar-refractivity contribution in [2.45, 2.75) is 91.0 Å². The fraction of sp³-hybridized carbons (Fsp3) is 0.870. The van der Waals surface area contributed by atoms with Crippen LogP contribution in [-0.4, -0.2) is 36.7 Å². The van der Waals surface area contributed by atoms with E-state index in [0.29, 0.717) is 6.42 Å². The summed E-state index contributed by atoms with van der Waals surface area (Å²) < 4.78 is 17.8. The molecule has 2 aliphatic heterocycles. The third-order valence-corrected chi connectivity index (χ3v) is 6.70. The monoisotopic (exact) mass is 394 g/mol. The molecule has 5 heteroatoms. The summed E-state index contributed by atoms with van der Waals surface area (Å²) in [6, 6.07) is 0. The molecule has 0 amide bonds. The van der Waals surface area contributed by atoms with Gasteiger partial charge in [0.25, 0.3) is 0 Å². The number of fused-ring (bicyclic) bond motifs is 1. The van der Waals surface area contributed by atoms with Gasteiger partial charge in [-0.05, 0) is 49.5 Å². The number of hydrogen-bond acceptors (Lipinski definition) is 5. The Morgan fingerprint density at radius 2 is 2.18 bits per heavy atom. The van der Waals surface area contributed by atoms with Gasteiger partial charge in [0.1, 0.15) is 6.10 Å². The summed E-state index contributed by atoms with van der Waals surface area (Å²) in [6.07, 6.45) is 10.7. The molecule has 1 aliphatic carbocycles. The zero-order chi connectivity index (χ0) is 20.1. The minimum absolute atomic E-state index is 0.0361. The van der Waals surface area contributed by atoms with Crippen LogP contribution < -0.4 is 0 Å². The molecule has 0 radical (unpaired) electrons. The van der Waals surface area contributed by atoms with E-state index in [1.165, 1.54) is 19.3 Å². The lowest BCUT2D eigenvalue weighted by molar-refractivity contribution is -0.147. The zero-order valence-electron chi connectivity index (χ0n) is 17.8. The van der Waals surface area contributed by atoms with Gasteiger partial charge >= 0.3 is 5.97 Å². The van der Waals surface area contributed by atoms with Crippen molar-refractivity contribution in [2.24, 2.45) is 23.2 Å². The van der Waals surface area contributed by atoms with E-state index in [9.17, 15) is 9.90 Å². The van der Waals surface area contributed by atoms with Crippen LogP contribution in [0.15, 0.2) is 11.8 Å². The van der Waals surface area contributed by atoms with Gasteiger partial charge in [0, 0.05) is 24.9 Å². The van der Waals surface area contributed by atoms with Crippen LogP contribution in [0.25, 0.3) is 0 Å². The molecule has 1 N–H and O–H groups in total. The molecule has 0 spiro atoms. The summed E-state index contributed by atoms with van der Waals surface area (Å²) in [5.41, 5.74) is 0.201. The Morgan fingerprint density at radius 1 is 1.36 bits per heavy atom. The van der Waals surface area contributed by atoms with Gasteiger partial charge < -0.3 is 19.3 Å². The van der Waals surface area contributed by atoms with Gasteiger partial charge in [0.15, 0.2) is 6.29 Å². The smallest absolute Gasteiger partial charge is 0.306 e. The predicted molar refractivity (Wildman–Crippen MR) is 107 cm³/mol. The quantitative estimate of drug-likeness (QED) is 0.458. The predicted octanol–water partition coefficient (Wildman–Crippen LogP) is 4.58. The van der Waals surface area contributed by atoms with E-state index in [4.69, 9.17) is 14.2 Å². The summed E-state index contributed by atoms with van der Waals surface area (Å²) in [5, 5.41) is 10.0. The van der Waals surface area contributed by atoms with Crippen molar-refractivity contribution in [3.8, 4) is 0 Å². The number of hydrogen-bond donors (Lipinski definition) is 1. The maximum absolute atomic E-state index is 11.9. The zero-order valence-corrected chi connectivity index (χ0v) is 17.8. The van der Waals surface area contributed by atoms with E-state index >= 15 is 0 Å². The molecule has 3 rings (SSSR count). The van der Waals surface area contributed by atoms with E-state index in [1.807, 2.05) is 0 Å². The molecular formula is C23H38O5. The first kappa shape index (κ1) is 21.6. The summed E-state index contributed by atoms with van der Waals surface area (Å²) in [7, 11) is 0. The van der Waals surface area contributed by atoms with Crippen LogP contribution in [0.3, 0.4) is 0 Å². The molecule has 28 heavy (non-hydrogen) atoms. The molecule has 1 unspecified atom stereocenters. The SMILES string of the molecule is CCCCC(C)(C)CC=C(OC1CCCCO1)[C@H]1[C@H](CO)C[C@H]2OC(=O)C[C@H]12. The highest BCUT2D eigenvalue weighted by Gasteiger charge is 2.52. The third kappa shape index (κ3) is 5.29. The first-order valence-corrected chi connectivity index (χ1v) is 11.2. The van der Waals surface area contributed by atoms with Crippen LogP contribution in [0.4, 0.5) is 0 Å². The summed E-state index contributed by atoms with van der Waals surface area (Å²) in [4.78, 5) is 11.9. The number of carbonyl (C=O) groups excluding carboxylic acids is 1. The van der Waals surface area contributed by atoms with Crippen LogP contribution in [0.2, 0.25) is 0 Å². The maximum atomic E-state index is 11.9. The van der Waals surface area contributed by atoms with Gasteiger partial charge in [-0.2, -0.15) is 0 Å². The van der Waals surface area contributed by atoms with E-state index in [0.717, 1.165) is 44.5 Å². The second kappa shape index (κ2) is 9.62. The number of rotatable bonds is 9. The fourth-order valence-electron chi connectivity index (χ4n) is 4.99. The Morgan fingerprint density at radius 3 is 2.86 bits per heavy atom. The van der Waals surface area contributed by atoms with Crippen molar-refractivity contribution in [3.63, 3.8) is 0 Å². The van der Waals surface area contributed by atoms with Gasteiger partial charge in [-0.25, -0.2) is 0 Å². The molecule has 3 aliphatic rings. The molecule has 5 atom stereocenters. The summed E-state index contributed by atoms with van der Waals surface area (Å²) in [6.45, 7) is 7.67. The summed E-state index contributed by atoms with van der Waals surface area (Å²) >= 11 is 0. The Labute approximate surface area is 169 Å². The molecule has 1 saturated carbocycles. The molecule has 160 valence electrons. The first-order valence-electron chi connectivity index (χ1n) is 11.2. The second-order valence-corrected chi connectivity index (χ2v) is 9.59. The third-order valence-electron chi connectivity index (χ3n) is 6.70. The van der Waals surface area contributed by atoms with Crippen molar-refractivity contribution in [1.29, 1.82) is 0 Å². The van der Waals surface area contributed by atoms with Crippen molar-refractivity contribution in [3.05, 3.63) is 11.8 Å². The Kier molecular flexibility index (Phi) is 7.43. The number of aliphatic hydroxyl groups is 1. The maximum Gasteiger partial charge on any atom is 0.306 e. The highest BCUT2D eigenvalue weighted by atomic mass is 16.7. The lowest BCUT2D eigenvalue weighted by Crippen LogP contribution is -2.29. The van der Waals surface area contributed by atoms with Crippen LogP contribution >= 0.6 is 0 Å². The molecule has 2 saturated heterocycles. The molecular weight excluding hydrogens is 356 g/mol. The molecule has 5 nitrogen and oxygen atoms in total. The average molecular weight is 395 g/mol. The molecule has 0 aromatic heterocycles. The minimum Gasteiger partial charge on any atom is -0.469 e. The van der Waals surface area contributed by atoms with Gasteiger partial charge in [0.05, 0.1) is 18.8 Å². The van der Waals surface area contributed by atoms with Gasteiger partial charge in [-0.1, -0.05) is 33.6 Å². The van der Waals surface area contributed by atoms with E-state index in [1.54, 1.807) is 0 Å². The summed E-state index contributed by atoms with van der Waals surface area (Å²) in [5.74, 6) is 1.03. The van der Waals surface area contributed by atoms with Crippen LogP contribution in [0.1, 0.15) is 78.6 Å². The molecule has 3 fully saturated rings. The Balaban J connectivity index is 1.79. The van der Waals surface area contributed by atoms with E-state index < -0.39 is 0 Å². The largest absolute Gasteiger partial charge is 0.469 e. The van der Waals surface area contributed by atoms with Crippen molar-refractivity contribution in [1.82, 2.24) is 0 Å². The number of aliphatic hydroxyl groups excluding tert-OH is 1. The van der Waals surface area contributed by atoms with E-state index in [2.05, 4.69) is 26.8 Å². The van der Waals surface area contributed by atoms with Crippen molar-refractivity contribution >= 4 is 5.97 Å². The van der Waals surface area contributed by atoms with E-state index in [-0.39, 0.29) is 48.1 Å². The molecule has 0 aromatic carbocycles. The number of esters is 1. The van der Waals surface area contributed by atoms with Crippen molar-refractivity contribution in [2.75, 3.05) is 13.2 Å². The molecule has 0 aromatic rings. The normalized spacial score (nSPS) is 33.6. The minimum atomic E-state index is -0.213. The molecule has 2 heterocycles. The van der Waals surface area contributed by atoms with Crippen LogP contribution in [0.5, 0.6) is 0 Å². The number of allylic oxidation sites excluding steroid dienone is 2. The van der Waals surface area contributed by atoms with Gasteiger partial charge in [0.2, 0.25) is 0 Å². The van der Waals surface area contributed by atoms with Crippen molar-refractivity contribution < 1.29 is 24.1 Å². The second-order valence-electron chi connectivity index (χ2n) is 9.59. The number of unbranched alkanes of at least 4 members (excludes halogenated alkanes) is 1. The Bertz CT molecular complexity index is 549. The number of ether oxygens (including phenoxy) is 3. The molecule has 0 bridgehead atoms. The lowest BCUT2D eigenvalue weighted by atomic mass is 9.81. The van der Waals surface area contributed by atoms with Gasteiger partial charge in [-0.15, -0.1) is 0 Å². The number of carbonyl (C=O) groups is 1.